The average Bonchev–Trinajstić information content (AvgIpc) is 2.85. The molecule has 0 unspecified atom stereocenters. The van der Waals surface area contributed by atoms with Crippen LogP contribution in [0.3, 0.4) is 0 Å². The molecule has 2 aromatic rings. The highest BCUT2D eigenvalue weighted by atomic mass is 16.5. The van der Waals surface area contributed by atoms with E-state index in [1.807, 2.05) is 19.1 Å². The number of aromatic nitrogens is 1. The number of nitrogens with zero attached hydrogens (tertiary/aromatic N) is 1. The van der Waals surface area contributed by atoms with E-state index in [1.165, 1.54) is 6.92 Å². The van der Waals surface area contributed by atoms with Crippen LogP contribution in [0.25, 0.3) is 0 Å². The summed E-state index contributed by atoms with van der Waals surface area (Å²) in [5, 5.41) is 3.88. The van der Waals surface area contributed by atoms with E-state index >= 15 is 0 Å². The van der Waals surface area contributed by atoms with Gasteiger partial charge in [0, 0.05) is 13.2 Å². The van der Waals surface area contributed by atoms with Crippen molar-refractivity contribution in [1.29, 1.82) is 0 Å². The van der Waals surface area contributed by atoms with E-state index in [0.717, 1.165) is 5.56 Å². The maximum absolute atomic E-state index is 11.6. The summed E-state index contributed by atoms with van der Waals surface area (Å²) >= 11 is 0. The van der Waals surface area contributed by atoms with Crippen LogP contribution in [0.5, 0.6) is 5.75 Å². The molecular weight excluding hydrogens is 258 g/mol. The number of ketones is 1. The van der Waals surface area contributed by atoms with Gasteiger partial charge in [-0.15, -0.1) is 0 Å². The molecule has 0 spiro atoms. The van der Waals surface area contributed by atoms with Crippen molar-refractivity contribution in [2.45, 2.75) is 27.1 Å². The molecule has 0 aliphatic heterocycles. The predicted molar refractivity (Wildman–Crippen MR) is 72.7 cm³/mol. The fourth-order valence-electron chi connectivity index (χ4n) is 1.83. The SMILES string of the molecule is COCc1cc(COc2ccc(C)cc2C(C)=O)no1. The van der Waals surface area contributed by atoms with Crippen LogP contribution < -0.4 is 4.74 Å². The number of hydrogen-bond donors (Lipinski definition) is 0. The summed E-state index contributed by atoms with van der Waals surface area (Å²) < 4.78 is 15.7. The molecule has 0 bridgehead atoms. The van der Waals surface area contributed by atoms with Gasteiger partial charge in [-0.3, -0.25) is 4.79 Å². The topological polar surface area (TPSA) is 61.6 Å². The third-order valence-electron chi connectivity index (χ3n) is 2.78. The second-order valence-corrected chi connectivity index (χ2v) is 4.56. The number of ether oxygens (including phenoxy) is 2. The molecule has 1 heterocycles. The summed E-state index contributed by atoms with van der Waals surface area (Å²) in [7, 11) is 1.59. The first kappa shape index (κ1) is 14.3. The molecule has 106 valence electrons. The van der Waals surface area contributed by atoms with Crippen molar-refractivity contribution < 1.29 is 18.8 Å². The highest BCUT2D eigenvalue weighted by Crippen LogP contribution is 2.21. The first-order valence-corrected chi connectivity index (χ1v) is 6.28. The van der Waals surface area contributed by atoms with Gasteiger partial charge in [-0.05, 0) is 26.0 Å². The first-order valence-electron chi connectivity index (χ1n) is 6.28. The molecule has 0 fully saturated rings. The summed E-state index contributed by atoms with van der Waals surface area (Å²) in [6.07, 6.45) is 0. The predicted octanol–water partition coefficient (Wildman–Crippen LogP) is 2.91. The van der Waals surface area contributed by atoms with Crippen molar-refractivity contribution in [2.24, 2.45) is 0 Å². The van der Waals surface area contributed by atoms with E-state index in [0.29, 0.717) is 29.4 Å². The fraction of sp³-hybridized carbons (Fsp3) is 0.333. The van der Waals surface area contributed by atoms with E-state index in [4.69, 9.17) is 14.0 Å². The van der Waals surface area contributed by atoms with Gasteiger partial charge in [-0.2, -0.15) is 0 Å². The lowest BCUT2D eigenvalue weighted by Crippen LogP contribution is -2.02. The molecule has 2 rings (SSSR count). The molecule has 20 heavy (non-hydrogen) atoms. The molecule has 1 aromatic heterocycles. The lowest BCUT2D eigenvalue weighted by Gasteiger charge is -2.09. The van der Waals surface area contributed by atoms with Crippen molar-refractivity contribution >= 4 is 5.78 Å². The Labute approximate surface area is 117 Å². The monoisotopic (exact) mass is 275 g/mol. The van der Waals surface area contributed by atoms with Crippen molar-refractivity contribution in [3.63, 3.8) is 0 Å². The maximum atomic E-state index is 11.6. The van der Waals surface area contributed by atoms with Crippen LogP contribution in [0, 0.1) is 6.92 Å². The highest BCUT2D eigenvalue weighted by molar-refractivity contribution is 5.97. The van der Waals surface area contributed by atoms with Crippen LogP contribution in [-0.2, 0) is 18.0 Å². The molecule has 0 aliphatic rings. The maximum Gasteiger partial charge on any atom is 0.163 e. The lowest BCUT2D eigenvalue weighted by atomic mass is 10.1. The number of aryl methyl sites for hydroxylation is 1. The number of hydrogen-bond acceptors (Lipinski definition) is 5. The minimum Gasteiger partial charge on any atom is -0.486 e. The quantitative estimate of drug-likeness (QED) is 0.758. The first-order chi connectivity index (χ1) is 9.60. The molecule has 0 N–H and O–H groups in total. The number of rotatable bonds is 6. The molecule has 5 nitrogen and oxygen atoms in total. The van der Waals surface area contributed by atoms with Crippen molar-refractivity contribution in [1.82, 2.24) is 5.16 Å². The molecule has 0 radical (unpaired) electrons. The minimum atomic E-state index is -0.0241. The van der Waals surface area contributed by atoms with E-state index in [2.05, 4.69) is 5.16 Å². The Balaban J connectivity index is 2.08. The van der Waals surface area contributed by atoms with Gasteiger partial charge >= 0.3 is 0 Å². The lowest BCUT2D eigenvalue weighted by molar-refractivity contribution is 0.101. The standard InChI is InChI=1S/C15H17NO4/c1-10-4-5-15(14(6-10)11(2)17)19-8-12-7-13(9-18-3)20-16-12/h4-7H,8-9H2,1-3H3. The highest BCUT2D eigenvalue weighted by Gasteiger charge is 2.10. The zero-order chi connectivity index (χ0) is 14.5. The molecule has 0 amide bonds. The Kier molecular flexibility index (Phi) is 4.53. The number of Topliss-reactive ketones (excluding diaryl/α,β-unsaturated/α-hetero) is 1. The Bertz CT molecular complexity index is 604. The van der Waals surface area contributed by atoms with Gasteiger partial charge in [0.15, 0.2) is 11.5 Å². The fourth-order valence-corrected chi connectivity index (χ4v) is 1.83. The molecule has 5 heteroatoms. The Morgan fingerprint density at radius 1 is 1.30 bits per heavy atom. The molecular formula is C15H17NO4. The third kappa shape index (κ3) is 3.45. The van der Waals surface area contributed by atoms with E-state index in [9.17, 15) is 4.79 Å². The average molecular weight is 275 g/mol. The number of methoxy groups -OCH3 is 1. The molecule has 0 atom stereocenters. The second kappa shape index (κ2) is 6.34. The Morgan fingerprint density at radius 3 is 2.80 bits per heavy atom. The van der Waals surface area contributed by atoms with E-state index in [1.54, 1.807) is 19.2 Å². The van der Waals surface area contributed by atoms with Crippen molar-refractivity contribution in [2.75, 3.05) is 7.11 Å². The van der Waals surface area contributed by atoms with Gasteiger partial charge in [0.1, 0.15) is 24.7 Å². The minimum absolute atomic E-state index is 0.0241. The largest absolute Gasteiger partial charge is 0.486 e. The van der Waals surface area contributed by atoms with Gasteiger partial charge < -0.3 is 14.0 Å². The zero-order valence-electron chi connectivity index (χ0n) is 11.8. The third-order valence-corrected chi connectivity index (χ3v) is 2.78. The molecule has 0 aliphatic carbocycles. The van der Waals surface area contributed by atoms with Gasteiger partial charge in [-0.25, -0.2) is 0 Å². The number of benzene rings is 1. The van der Waals surface area contributed by atoms with Crippen LogP contribution in [-0.4, -0.2) is 18.0 Å². The normalized spacial score (nSPS) is 10.6. The van der Waals surface area contributed by atoms with Crippen LogP contribution in [0.2, 0.25) is 0 Å². The summed E-state index contributed by atoms with van der Waals surface area (Å²) in [5.74, 6) is 1.17. The summed E-state index contributed by atoms with van der Waals surface area (Å²) in [6, 6.07) is 7.28. The van der Waals surface area contributed by atoms with E-state index in [-0.39, 0.29) is 12.4 Å². The van der Waals surface area contributed by atoms with Crippen LogP contribution in [0.1, 0.15) is 34.3 Å². The van der Waals surface area contributed by atoms with E-state index < -0.39 is 0 Å². The van der Waals surface area contributed by atoms with Gasteiger partial charge in [0.2, 0.25) is 0 Å². The summed E-state index contributed by atoms with van der Waals surface area (Å²) in [4.78, 5) is 11.6. The molecule has 1 aromatic carbocycles. The van der Waals surface area contributed by atoms with Gasteiger partial charge in [0.05, 0.1) is 5.56 Å². The van der Waals surface area contributed by atoms with Crippen LogP contribution in [0.15, 0.2) is 28.8 Å². The van der Waals surface area contributed by atoms with Gasteiger partial charge in [0.25, 0.3) is 0 Å². The molecule has 0 saturated heterocycles. The number of carbonyl (C=O) groups is 1. The van der Waals surface area contributed by atoms with Crippen LogP contribution >= 0.6 is 0 Å². The van der Waals surface area contributed by atoms with Crippen molar-refractivity contribution in [3.05, 3.63) is 46.8 Å². The smallest absolute Gasteiger partial charge is 0.163 e. The second-order valence-electron chi connectivity index (χ2n) is 4.56. The summed E-state index contributed by atoms with van der Waals surface area (Å²) in [5.41, 5.74) is 2.25. The molecule has 0 saturated carbocycles. The number of carbonyl (C=O) groups excluding carboxylic acids is 1. The van der Waals surface area contributed by atoms with Gasteiger partial charge in [-0.1, -0.05) is 16.8 Å². The van der Waals surface area contributed by atoms with Crippen molar-refractivity contribution in [3.8, 4) is 5.75 Å². The Morgan fingerprint density at radius 2 is 2.10 bits per heavy atom. The summed E-state index contributed by atoms with van der Waals surface area (Å²) in [6.45, 7) is 4.08. The zero-order valence-corrected chi connectivity index (χ0v) is 11.8. The van der Waals surface area contributed by atoms with Crippen LogP contribution in [0.4, 0.5) is 0 Å². The Hall–Kier alpha value is -2.14.